The van der Waals surface area contributed by atoms with Gasteiger partial charge >= 0.3 is 0 Å². The predicted molar refractivity (Wildman–Crippen MR) is 88.4 cm³/mol. The second kappa shape index (κ2) is 8.42. The Morgan fingerprint density at radius 2 is 1.95 bits per heavy atom. The van der Waals surface area contributed by atoms with Gasteiger partial charge in [0, 0.05) is 31.1 Å². The fraction of sp³-hybridized carbons (Fsp3) is 0.375. The van der Waals surface area contributed by atoms with E-state index in [1.165, 1.54) is 10.4 Å². The monoisotopic (exact) mass is 308 g/mol. The van der Waals surface area contributed by atoms with Gasteiger partial charge in [0.15, 0.2) is 0 Å². The summed E-state index contributed by atoms with van der Waals surface area (Å²) in [5, 5.41) is 3.48. The molecule has 4 heteroatoms. The zero-order chi connectivity index (χ0) is 14.2. The second-order valence-electron chi connectivity index (χ2n) is 4.74. The van der Waals surface area contributed by atoms with E-state index >= 15 is 0 Å². The molecule has 0 saturated heterocycles. The maximum atomic E-state index is 5.92. The third-order valence-corrected chi connectivity index (χ3v) is 4.46. The Labute approximate surface area is 130 Å². The summed E-state index contributed by atoms with van der Waals surface area (Å²) in [6, 6.07) is 14.7. The lowest BCUT2D eigenvalue weighted by atomic mass is 10.2. The van der Waals surface area contributed by atoms with Crippen LogP contribution in [0.5, 0.6) is 0 Å². The van der Waals surface area contributed by atoms with Gasteiger partial charge in [0.05, 0.1) is 4.34 Å². The fourth-order valence-electron chi connectivity index (χ4n) is 2.09. The molecule has 2 nitrogen and oxygen atoms in total. The first-order valence-corrected chi connectivity index (χ1v) is 8.18. The number of rotatable bonds is 8. The van der Waals surface area contributed by atoms with Crippen molar-refractivity contribution in [2.24, 2.45) is 0 Å². The van der Waals surface area contributed by atoms with Crippen molar-refractivity contribution in [3.05, 3.63) is 57.2 Å². The highest BCUT2D eigenvalue weighted by Crippen LogP contribution is 2.20. The number of halogens is 1. The van der Waals surface area contributed by atoms with E-state index < -0.39 is 0 Å². The second-order valence-corrected chi connectivity index (χ2v) is 6.54. The van der Waals surface area contributed by atoms with Crippen LogP contribution in [0, 0.1) is 0 Å². The Balaban J connectivity index is 1.68. The van der Waals surface area contributed by atoms with Gasteiger partial charge < -0.3 is 5.32 Å². The molecule has 2 aromatic rings. The standard InChI is InChI=1S/C16H21ClN2S/c1-2-19(13-14-6-4-3-5-7-14)11-10-18-12-15-8-9-16(17)20-15/h3-9,18H,2,10-13H2,1H3. The van der Waals surface area contributed by atoms with Crippen molar-refractivity contribution in [2.75, 3.05) is 19.6 Å². The van der Waals surface area contributed by atoms with Crippen LogP contribution in [-0.4, -0.2) is 24.5 Å². The Bertz CT molecular complexity index is 498. The molecule has 0 bridgehead atoms. The summed E-state index contributed by atoms with van der Waals surface area (Å²) in [5.74, 6) is 0. The van der Waals surface area contributed by atoms with Gasteiger partial charge in [0.25, 0.3) is 0 Å². The molecule has 2 rings (SSSR count). The molecule has 1 N–H and O–H groups in total. The predicted octanol–water partition coefficient (Wildman–Crippen LogP) is 4.01. The van der Waals surface area contributed by atoms with Crippen LogP contribution < -0.4 is 5.32 Å². The number of hydrogen-bond donors (Lipinski definition) is 1. The van der Waals surface area contributed by atoms with Gasteiger partial charge in [-0.3, -0.25) is 4.90 Å². The maximum absolute atomic E-state index is 5.92. The van der Waals surface area contributed by atoms with E-state index in [9.17, 15) is 0 Å². The average Bonchev–Trinajstić information content (AvgIpc) is 2.89. The van der Waals surface area contributed by atoms with Gasteiger partial charge in [-0.15, -0.1) is 11.3 Å². The SMILES string of the molecule is CCN(CCNCc1ccc(Cl)s1)Cc1ccccc1. The molecule has 1 aromatic heterocycles. The summed E-state index contributed by atoms with van der Waals surface area (Å²) in [7, 11) is 0. The molecular formula is C16H21ClN2S. The molecule has 108 valence electrons. The van der Waals surface area contributed by atoms with Gasteiger partial charge in [0.1, 0.15) is 0 Å². The fourth-order valence-corrected chi connectivity index (χ4v) is 3.14. The van der Waals surface area contributed by atoms with E-state index in [1.54, 1.807) is 11.3 Å². The molecule has 0 aliphatic rings. The first kappa shape index (κ1) is 15.5. The number of thiophene rings is 1. The molecule has 0 spiro atoms. The zero-order valence-electron chi connectivity index (χ0n) is 11.8. The molecule has 0 unspecified atom stereocenters. The van der Waals surface area contributed by atoms with Crippen molar-refractivity contribution in [3.63, 3.8) is 0 Å². The van der Waals surface area contributed by atoms with E-state index in [-0.39, 0.29) is 0 Å². The summed E-state index contributed by atoms with van der Waals surface area (Å²) < 4.78 is 0.862. The maximum Gasteiger partial charge on any atom is 0.0931 e. The van der Waals surface area contributed by atoms with E-state index in [1.807, 2.05) is 6.07 Å². The third kappa shape index (κ3) is 5.25. The molecule has 0 fully saturated rings. The lowest BCUT2D eigenvalue weighted by molar-refractivity contribution is 0.279. The largest absolute Gasteiger partial charge is 0.311 e. The Hall–Kier alpha value is -0.870. The summed E-state index contributed by atoms with van der Waals surface area (Å²) in [4.78, 5) is 3.74. The first-order valence-electron chi connectivity index (χ1n) is 6.99. The number of benzene rings is 1. The van der Waals surface area contributed by atoms with E-state index in [2.05, 4.69) is 53.5 Å². The van der Waals surface area contributed by atoms with Gasteiger partial charge in [-0.05, 0) is 24.2 Å². The number of likely N-dealkylation sites (N-methyl/N-ethyl adjacent to an activating group) is 1. The third-order valence-electron chi connectivity index (χ3n) is 3.23. The van der Waals surface area contributed by atoms with Crippen LogP contribution >= 0.6 is 22.9 Å². The summed E-state index contributed by atoms with van der Waals surface area (Å²) in [5.41, 5.74) is 1.37. The van der Waals surface area contributed by atoms with Gasteiger partial charge in [0.2, 0.25) is 0 Å². The first-order chi connectivity index (χ1) is 9.78. The minimum absolute atomic E-state index is 0.862. The van der Waals surface area contributed by atoms with Gasteiger partial charge in [-0.1, -0.05) is 48.9 Å². The van der Waals surface area contributed by atoms with Crippen LogP contribution in [0.1, 0.15) is 17.4 Å². The van der Waals surface area contributed by atoms with Crippen LogP contribution in [0.2, 0.25) is 4.34 Å². The average molecular weight is 309 g/mol. The molecule has 1 heterocycles. The van der Waals surface area contributed by atoms with E-state index in [0.29, 0.717) is 0 Å². The van der Waals surface area contributed by atoms with Crippen LogP contribution in [0.4, 0.5) is 0 Å². The van der Waals surface area contributed by atoms with Gasteiger partial charge in [-0.25, -0.2) is 0 Å². The highest BCUT2D eigenvalue weighted by molar-refractivity contribution is 7.16. The van der Waals surface area contributed by atoms with Crippen molar-refractivity contribution in [3.8, 4) is 0 Å². The molecular weight excluding hydrogens is 288 g/mol. The van der Waals surface area contributed by atoms with Crippen LogP contribution in [-0.2, 0) is 13.1 Å². The molecule has 0 aliphatic carbocycles. The van der Waals surface area contributed by atoms with E-state index in [4.69, 9.17) is 11.6 Å². The van der Waals surface area contributed by atoms with Crippen molar-refractivity contribution in [1.82, 2.24) is 10.2 Å². The zero-order valence-corrected chi connectivity index (χ0v) is 13.4. The molecule has 0 aliphatic heterocycles. The van der Waals surface area contributed by atoms with Crippen molar-refractivity contribution < 1.29 is 0 Å². The molecule has 0 amide bonds. The van der Waals surface area contributed by atoms with Gasteiger partial charge in [-0.2, -0.15) is 0 Å². The minimum atomic E-state index is 0.862. The summed E-state index contributed by atoms with van der Waals surface area (Å²) >= 11 is 7.56. The number of nitrogens with zero attached hydrogens (tertiary/aromatic N) is 1. The summed E-state index contributed by atoms with van der Waals surface area (Å²) in [6.07, 6.45) is 0. The highest BCUT2D eigenvalue weighted by atomic mass is 35.5. The Morgan fingerprint density at radius 3 is 2.60 bits per heavy atom. The van der Waals surface area contributed by atoms with Crippen molar-refractivity contribution in [1.29, 1.82) is 0 Å². The smallest absolute Gasteiger partial charge is 0.0931 e. The van der Waals surface area contributed by atoms with Crippen LogP contribution in [0.15, 0.2) is 42.5 Å². The lowest BCUT2D eigenvalue weighted by Gasteiger charge is -2.20. The number of nitrogens with one attached hydrogen (secondary N) is 1. The van der Waals surface area contributed by atoms with E-state index in [0.717, 1.165) is 37.1 Å². The minimum Gasteiger partial charge on any atom is -0.311 e. The normalized spacial score (nSPS) is 11.2. The lowest BCUT2D eigenvalue weighted by Crippen LogP contribution is -2.31. The molecule has 0 saturated carbocycles. The molecule has 20 heavy (non-hydrogen) atoms. The highest BCUT2D eigenvalue weighted by Gasteiger charge is 2.03. The Kier molecular flexibility index (Phi) is 6.54. The quantitative estimate of drug-likeness (QED) is 0.741. The van der Waals surface area contributed by atoms with Crippen LogP contribution in [0.25, 0.3) is 0 Å². The number of hydrogen-bond acceptors (Lipinski definition) is 3. The van der Waals surface area contributed by atoms with Crippen molar-refractivity contribution in [2.45, 2.75) is 20.0 Å². The molecule has 1 aromatic carbocycles. The molecule has 0 atom stereocenters. The van der Waals surface area contributed by atoms with Crippen LogP contribution in [0.3, 0.4) is 0 Å². The topological polar surface area (TPSA) is 15.3 Å². The summed E-state index contributed by atoms with van der Waals surface area (Å²) in [6.45, 7) is 7.26. The van der Waals surface area contributed by atoms with Crippen molar-refractivity contribution >= 4 is 22.9 Å². The molecule has 0 radical (unpaired) electrons. The Morgan fingerprint density at radius 1 is 1.15 bits per heavy atom.